The lowest BCUT2D eigenvalue weighted by molar-refractivity contribution is 0.102. The van der Waals surface area contributed by atoms with E-state index in [-0.39, 0.29) is 5.91 Å². The lowest BCUT2D eigenvalue weighted by atomic mass is 10.1. The number of nitrogen functional groups attached to an aromatic ring is 1. The Morgan fingerprint density at radius 3 is 2.63 bits per heavy atom. The van der Waals surface area contributed by atoms with Gasteiger partial charge in [-0.05, 0) is 58.7 Å². The molecule has 0 spiro atoms. The number of nitrogens with two attached hydrogens (primary N) is 1. The van der Waals surface area contributed by atoms with Gasteiger partial charge >= 0.3 is 0 Å². The third kappa shape index (κ3) is 3.28. The Hall–Kier alpha value is -1.52. The standard InChI is InChI=1S/C14H12BrClN2O/c1-8-2-4-10(12(16)6-8)14(19)18-9-3-5-13(17)11(15)7-9/h2-7H,17H2,1H3,(H,18,19). The number of rotatable bonds is 2. The zero-order valence-corrected chi connectivity index (χ0v) is 12.5. The van der Waals surface area contributed by atoms with Crippen molar-refractivity contribution in [2.75, 3.05) is 11.1 Å². The topological polar surface area (TPSA) is 55.1 Å². The molecular formula is C14H12BrClN2O. The Balaban J connectivity index is 2.23. The maximum Gasteiger partial charge on any atom is 0.257 e. The summed E-state index contributed by atoms with van der Waals surface area (Å²) in [5, 5.41) is 3.21. The Labute approximate surface area is 124 Å². The highest BCUT2D eigenvalue weighted by Crippen LogP contribution is 2.24. The fourth-order valence-electron chi connectivity index (χ4n) is 1.61. The molecule has 0 aliphatic heterocycles. The van der Waals surface area contributed by atoms with Crippen LogP contribution >= 0.6 is 27.5 Å². The van der Waals surface area contributed by atoms with E-state index in [4.69, 9.17) is 17.3 Å². The van der Waals surface area contributed by atoms with Crippen LogP contribution in [0.2, 0.25) is 5.02 Å². The second-order valence-corrected chi connectivity index (χ2v) is 5.44. The first-order valence-corrected chi connectivity index (χ1v) is 6.77. The van der Waals surface area contributed by atoms with Crippen LogP contribution in [0, 0.1) is 6.92 Å². The summed E-state index contributed by atoms with van der Waals surface area (Å²) in [6.45, 7) is 1.92. The summed E-state index contributed by atoms with van der Waals surface area (Å²) >= 11 is 9.37. The third-order valence-corrected chi connectivity index (χ3v) is 3.63. The Bertz CT molecular complexity index is 643. The summed E-state index contributed by atoms with van der Waals surface area (Å²) in [4.78, 5) is 12.1. The third-order valence-electron chi connectivity index (χ3n) is 2.63. The van der Waals surface area contributed by atoms with Crippen LogP contribution in [0.4, 0.5) is 11.4 Å². The molecule has 0 saturated carbocycles. The molecule has 0 saturated heterocycles. The van der Waals surface area contributed by atoms with Crippen LogP contribution < -0.4 is 11.1 Å². The van der Waals surface area contributed by atoms with Crippen LogP contribution in [0.1, 0.15) is 15.9 Å². The van der Waals surface area contributed by atoms with Crippen LogP contribution in [0.15, 0.2) is 40.9 Å². The lowest BCUT2D eigenvalue weighted by Crippen LogP contribution is -2.12. The number of amides is 1. The zero-order chi connectivity index (χ0) is 14.0. The molecule has 0 unspecified atom stereocenters. The first-order chi connectivity index (χ1) is 8.97. The molecule has 98 valence electrons. The molecule has 0 atom stereocenters. The summed E-state index contributed by atoms with van der Waals surface area (Å²) in [5.41, 5.74) is 8.42. The van der Waals surface area contributed by atoms with Crippen LogP contribution in [-0.2, 0) is 0 Å². The second kappa shape index (κ2) is 5.63. The largest absolute Gasteiger partial charge is 0.398 e. The van der Waals surface area contributed by atoms with E-state index in [1.165, 1.54) is 0 Å². The summed E-state index contributed by atoms with van der Waals surface area (Å²) < 4.78 is 0.736. The van der Waals surface area contributed by atoms with Gasteiger partial charge in [0.25, 0.3) is 5.91 Å². The number of nitrogens with one attached hydrogen (secondary N) is 1. The van der Waals surface area contributed by atoms with Crippen molar-refractivity contribution in [2.45, 2.75) is 6.92 Å². The molecule has 0 aliphatic rings. The SMILES string of the molecule is Cc1ccc(C(=O)Nc2ccc(N)c(Br)c2)c(Cl)c1. The Kier molecular flexibility index (Phi) is 4.12. The minimum absolute atomic E-state index is 0.248. The van der Waals surface area contributed by atoms with Gasteiger partial charge in [-0.2, -0.15) is 0 Å². The number of benzene rings is 2. The van der Waals surface area contributed by atoms with Gasteiger partial charge in [-0.15, -0.1) is 0 Å². The van der Waals surface area contributed by atoms with E-state index in [9.17, 15) is 4.79 Å². The highest BCUT2D eigenvalue weighted by molar-refractivity contribution is 9.10. The number of anilines is 2. The van der Waals surface area contributed by atoms with Gasteiger partial charge in [0, 0.05) is 15.8 Å². The van der Waals surface area contributed by atoms with Crippen LogP contribution in [0.3, 0.4) is 0 Å². The van der Waals surface area contributed by atoms with Gasteiger partial charge in [0.1, 0.15) is 0 Å². The monoisotopic (exact) mass is 338 g/mol. The molecule has 0 heterocycles. The van der Waals surface area contributed by atoms with Gasteiger partial charge in [-0.1, -0.05) is 17.7 Å². The zero-order valence-electron chi connectivity index (χ0n) is 10.2. The average molecular weight is 340 g/mol. The van der Waals surface area contributed by atoms with Crippen LogP contribution in [0.25, 0.3) is 0 Å². The first-order valence-electron chi connectivity index (χ1n) is 5.60. The molecule has 3 nitrogen and oxygen atoms in total. The maximum atomic E-state index is 12.1. The molecule has 5 heteroatoms. The minimum Gasteiger partial charge on any atom is -0.398 e. The molecule has 2 aromatic rings. The molecular weight excluding hydrogens is 328 g/mol. The fraction of sp³-hybridized carbons (Fsp3) is 0.0714. The molecule has 0 aliphatic carbocycles. The van der Waals surface area contributed by atoms with Crippen molar-refractivity contribution in [3.63, 3.8) is 0 Å². The first kappa shape index (κ1) is 13.9. The van der Waals surface area contributed by atoms with Gasteiger partial charge in [0.15, 0.2) is 0 Å². The molecule has 3 N–H and O–H groups in total. The van der Waals surface area contributed by atoms with Crippen molar-refractivity contribution in [3.05, 3.63) is 57.0 Å². The lowest BCUT2D eigenvalue weighted by Gasteiger charge is -2.08. The van der Waals surface area contributed by atoms with Gasteiger partial charge in [0.2, 0.25) is 0 Å². The van der Waals surface area contributed by atoms with E-state index in [0.29, 0.717) is 22.0 Å². The normalized spacial score (nSPS) is 10.3. The number of carbonyl (C=O) groups excluding carboxylic acids is 1. The number of hydrogen-bond donors (Lipinski definition) is 2. The van der Waals surface area contributed by atoms with Crippen LogP contribution in [-0.4, -0.2) is 5.91 Å². The number of halogens is 2. The predicted octanol–water partition coefficient (Wildman–Crippen LogP) is 4.25. The Morgan fingerprint density at radius 1 is 1.26 bits per heavy atom. The van der Waals surface area contributed by atoms with E-state index in [1.807, 2.05) is 13.0 Å². The van der Waals surface area contributed by atoms with Gasteiger partial charge in [0.05, 0.1) is 10.6 Å². The molecule has 0 bridgehead atoms. The van der Waals surface area contributed by atoms with Crippen molar-refractivity contribution < 1.29 is 4.79 Å². The molecule has 0 aromatic heterocycles. The highest BCUT2D eigenvalue weighted by Gasteiger charge is 2.11. The van der Waals surface area contributed by atoms with E-state index in [2.05, 4.69) is 21.2 Å². The van der Waals surface area contributed by atoms with E-state index in [0.717, 1.165) is 10.0 Å². The van der Waals surface area contributed by atoms with Gasteiger partial charge in [-0.3, -0.25) is 4.79 Å². The van der Waals surface area contributed by atoms with Gasteiger partial charge in [-0.25, -0.2) is 0 Å². The van der Waals surface area contributed by atoms with Gasteiger partial charge < -0.3 is 11.1 Å². The Morgan fingerprint density at radius 2 is 2.00 bits per heavy atom. The summed E-state index contributed by atoms with van der Waals surface area (Å²) in [7, 11) is 0. The van der Waals surface area contributed by atoms with Crippen molar-refractivity contribution in [1.82, 2.24) is 0 Å². The minimum atomic E-state index is -0.248. The fourth-order valence-corrected chi connectivity index (χ4v) is 2.31. The molecule has 0 fully saturated rings. The summed E-state index contributed by atoms with van der Waals surface area (Å²) in [6.07, 6.45) is 0. The van der Waals surface area contributed by atoms with E-state index in [1.54, 1.807) is 30.3 Å². The van der Waals surface area contributed by atoms with Crippen molar-refractivity contribution in [1.29, 1.82) is 0 Å². The van der Waals surface area contributed by atoms with Crippen molar-refractivity contribution >= 4 is 44.8 Å². The number of carbonyl (C=O) groups is 1. The number of hydrogen-bond acceptors (Lipinski definition) is 2. The van der Waals surface area contributed by atoms with Crippen molar-refractivity contribution in [3.8, 4) is 0 Å². The quantitative estimate of drug-likeness (QED) is 0.804. The van der Waals surface area contributed by atoms with E-state index < -0.39 is 0 Å². The second-order valence-electron chi connectivity index (χ2n) is 4.17. The summed E-state index contributed by atoms with van der Waals surface area (Å²) in [5.74, 6) is -0.248. The smallest absolute Gasteiger partial charge is 0.257 e. The average Bonchev–Trinajstić information content (AvgIpc) is 2.33. The number of aryl methyl sites for hydroxylation is 1. The van der Waals surface area contributed by atoms with E-state index >= 15 is 0 Å². The predicted molar refractivity (Wildman–Crippen MR) is 82.7 cm³/mol. The van der Waals surface area contributed by atoms with Crippen molar-refractivity contribution in [2.24, 2.45) is 0 Å². The molecule has 2 rings (SSSR count). The molecule has 1 amide bonds. The maximum absolute atomic E-state index is 12.1. The highest BCUT2D eigenvalue weighted by atomic mass is 79.9. The van der Waals surface area contributed by atoms with Crippen LogP contribution in [0.5, 0.6) is 0 Å². The summed E-state index contributed by atoms with van der Waals surface area (Å²) in [6, 6.07) is 10.5. The molecule has 2 aromatic carbocycles. The molecule has 0 radical (unpaired) electrons. The molecule has 19 heavy (non-hydrogen) atoms.